The van der Waals surface area contributed by atoms with Crippen LogP contribution in [0, 0.1) is 6.92 Å². The topological polar surface area (TPSA) is 92.4 Å². The Hall–Kier alpha value is -1.99. The molecule has 1 saturated carbocycles. The van der Waals surface area contributed by atoms with Crippen LogP contribution in [0.1, 0.15) is 65.5 Å². The monoisotopic (exact) mass is 376 g/mol. The van der Waals surface area contributed by atoms with Crippen molar-refractivity contribution < 1.29 is 18.5 Å². The van der Waals surface area contributed by atoms with Crippen LogP contribution in [0.15, 0.2) is 33.8 Å². The van der Waals surface area contributed by atoms with Crippen molar-refractivity contribution in [2.24, 2.45) is 0 Å². The quantitative estimate of drug-likeness (QED) is 0.770. The van der Waals surface area contributed by atoms with Crippen LogP contribution in [-0.4, -0.2) is 26.8 Å². The molecule has 0 spiro atoms. The minimum atomic E-state index is -1.46. The van der Waals surface area contributed by atoms with E-state index in [4.69, 9.17) is 9.52 Å². The lowest BCUT2D eigenvalue weighted by Crippen LogP contribution is -2.20. The number of oxazole rings is 1. The Kier molecular flexibility index (Phi) is 6.21. The average molecular weight is 376 g/mol. The summed E-state index contributed by atoms with van der Waals surface area (Å²) in [5, 5.41) is 9.17. The van der Waals surface area contributed by atoms with Crippen LogP contribution in [0.4, 0.5) is 0 Å². The number of aromatic nitrogens is 1. The van der Waals surface area contributed by atoms with Gasteiger partial charge in [0.2, 0.25) is 0 Å². The maximum Gasteiger partial charge on any atom is 0.335 e. The molecular weight excluding hydrogens is 352 g/mol. The molecule has 1 aromatic heterocycles. The van der Waals surface area contributed by atoms with Crippen LogP contribution in [0.2, 0.25) is 0 Å². The number of aromatic carboxylic acids is 1. The van der Waals surface area contributed by atoms with E-state index in [2.05, 4.69) is 9.71 Å². The number of hydrogen-bond donors (Lipinski definition) is 2. The van der Waals surface area contributed by atoms with Crippen LogP contribution < -0.4 is 4.72 Å². The SMILES string of the molecule is Cc1ccc(S(=O)NCCc2coc(C3CCCCC3)n2)cc1C(=O)O. The standard InChI is InChI=1S/C19H24N2O4S/c1-13-7-8-16(11-17(13)19(22)23)26(24)20-10-9-15-12-25-18(21-15)14-5-3-2-4-6-14/h7-8,11-12,14,20H,2-6,9-10H2,1H3,(H,22,23). The van der Waals surface area contributed by atoms with Gasteiger partial charge in [-0.1, -0.05) is 25.3 Å². The van der Waals surface area contributed by atoms with Crippen molar-refractivity contribution in [2.75, 3.05) is 6.54 Å². The molecule has 1 aliphatic rings. The molecule has 1 heterocycles. The molecule has 26 heavy (non-hydrogen) atoms. The third kappa shape index (κ3) is 4.59. The molecule has 0 bridgehead atoms. The zero-order chi connectivity index (χ0) is 18.5. The molecule has 1 aromatic carbocycles. The highest BCUT2D eigenvalue weighted by atomic mass is 32.2. The van der Waals surface area contributed by atoms with Gasteiger partial charge in [0.1, 0.15) is 17.2 Å². The predicted molar refractivity (Wildman–Crippen MR) is 98.6 cm³/mol. The summed E-state index contributed by atoms with van der Waals surface area (Å²) in [7, 11) is -1.46. The van der Waals surface area contributed by atoms with Crippen molar-refractivity contribution in [2.45, 2.75) is 56.3 Å². The lowest BCUT2D eigenvalue weighted by molar-refractivity contribution is 0.0696. The summed E-state index contributed by atoms with van der Waals surface area (Å²) in [6.07, 6.45) is 8.34. The molecule has 3 rings (SSSR count). The maximum atomic E-state index is 12.3. The minimum absolute atomic E-state index is 0.172. The van der Waals surface area contributed by atoms with E-state index in [1.807, 2.05) is 0 Å². The fourth-order valence-corrected chi connectivity index (χ4v) is 4.15. The molecule has 0 radical (unpaired) electrons. The lowest BCUT2D eigenvalue weighted by Gasteiger charge is -2.17. The normalized spacial score (nSPS) is 16.5. The first-order chi connectivity index (χ1) is 12.5. The first-order valence-electron chi connectivity index (χ1n) is 8.98. The number of nitrogens with one attached hydrogen (secondary N) is 1. The number of aryl methyl sites for hydroxylation is 1. The highest BCUT2D eigenvalue weighted by molar-refractivity contribution is 7.83. The zero-order valence-electron chi connectivity index (χ0n) is 14.9. The van der Waals surface area contributed by atoms with Gasteiger partial charge in [-0.2, -0.15) is 0 Å². The van der Waals surface area contributed by atoms with E-state index in [-0.39, 0.29) is 5.56 Å². The molecule has 2 aromatic rings. The second-order valence-corrected chi connectivity index (χ2v) is 8.00. The fourth-order valence-electron chi connectivity index (χ4n) is 3.28. The molecule has 0 aliphatic heterocycles. The number of nitrogens with zero attached hydrogens (tertiary/aromatic N) is 1. The molecule has 6 nitrogen and oxygen atoms in total. The van der Waals surface area contributed by atoms with Gasteiger partial charge in [-0.15, -0.1) is 0 Å². The Morgan fingerprint density at radius 2 is 2.12 bits per heavy atom. The lowest BCUT2D eigenvalue weighted by atomic mass is 9.89. The van der Waals surface area contributed by atoms with Crippen molar-refractivity contribution in [3.05, 3.63) is 47.2 Å². The van der Waals surface area contributed by atoms with Crippen molar-refractivity contribution in [1.29, 1.82) is 0 Å². The molecule has 2 N–H and O–H groups in total. The molecule has 7 heteroatoms. The van der Waals surface area contributed by atoms with E-state index in [0.29, 0.717) is 29.3 Å². The minimum Gasteiger partial charge on any atom is -0.478 e. The van der Waals surface area contributed by atoms with Crippen molar-refractivity contribution in [3.8, 4) is 0 Å². The van der Waals surface area contributed by atoms with Gasteiger partial charge in [-0.3, -0.25) is 0 Å². The van der Waals surface area contributed by atoms with Gasteiger partial charge in [-0.05, 0) is 37.5 Å². The first-order valence-corrected chi connectivity index (χ1v) is 10.1. The summed E-state index contributed by atoms with van der Waals surface area (Å²) in [6, 6.07) is 4.81. The van der Waals surface area contributed by atoms with Crippen LogP contribution in [0.25, 0.3) is 0 Å². The van der Waals surface area contributed by atoms with E-state index in [1.165, 1.54) is 25.3 Å². The van der Waals surface area contributed by atoms with E-state index in [9.17, 15) is 9.00 Å². The Morgan fingerprint density at radius 1 is 1.35 bits per heavy atom. The molecule has 0 amide bonds. The van der Waals surface area contributed by atoms with Crippen LogP contribution in [0.5, 0.6) is 0 Å². The van der Waals surface area contributed by atoms with Gasteiger partial charge in [-0.25, -0.2) is 18.7 Å². The maximum absolute atomic E-state index is 12.3. The number of rotatable bonds is 7. The van der Waals surface area contributed by atoms with E-state index < -0.39 is 17.0 Å². The number of carboxylic acid groups (broad SMARTS) is 1. The fraction of sp³-hybridized carbons (Fsp3) is 0.474. The Balaban J connectivity index is 1.53. The molecule has 0 saturated heterocycles. The summed E-state index contributed by atoms with van der Waals surface area (Å²) in [4.78, 5) is 16.2. The molecular formula is C19H24N2O4S. The van der Waals surface area contributed by atoms with E-state index in [1.54, 1.807) is 25.3 Å². The number of hydrogen-bond acceptors (Lipinski definition) is 4. The third-order valence-electron chi connectivity index (χ3n) is 4.79. The predicted octanol–water partition coefficient (Wildman–Crippen LogP) is 3.58. The number of benzene rings is 1. The van der Waals surface area contributed by atoms with Gasteiger partial charge in [0.05, 0.1) is 16.2 Å². The largest absolute Gasteiger partial charge is 0.478 e. The third-order valence-corrected chi connectivity index (χ3v) is 5.94. The summed E-state index contributed by atoms with van der Waals surface area (Å²) < 4.78 is 20.9. The smallest absolute Gasteiger partial charge is 0.335 e. The second kappa shape index (κ2) is 8.60. The summed E-state index contributed by atoms with van der Waals surface area (Å²) >= 11 is 0. The average Bonchev–Trinajstić information content (AvgIpc) is 3.11. The summed E-state index contributed by atoms with van der Waals surface area (Å²) in [5.74, 6) is 0.242. The van der Waals surface area contributed by atoms with Crippen LogP contribution in [0.3, 0.4) is 0 Å². The highest BCUT2D eigenvalue weighted by Crippen LogP contribution is 2.31. The van der Waals surface area contributed by atoms with Crippen molar-refractivity contribution in [1.82, 2.24) is 9.71 Å². The van der Waals surface area contributed by atoms with Crippen LogP contribution >= 0.6 is 0 Å². The summed E-state index contributed by atoms with van der Waals surface area (Å²) in [5.41, 5.74) is 1.67. The van der Waals surface area contributed by atoms with Crippen molar-refractivity contribution in [3.63, 3.8) is 0 Å². The van der Waals surface area contributed by atoms with Gasteiger partial charge in [0, 0.05) is 18.9 Å². The second-order valence-electron chi connectivity index (χ2n) is 6.71. The molecule has 1 unspecified atom stereocenters. The Labute approximate surface area is 155 Å². The number of carboxylic acids is 1. The highest BCUT2D eigenvalue weighted by Gasteiger charge is 2.20. The molecule has 1 aliphatic carbocycles. The van der Waals surface area contributed by atoms with Crippen molar-refractivity contribution >= 4 is 17.0 Å². The van der Waals surface area contributed by atoms with Crippen LogP contribution in [-0.2, 0) is 17.4 Å². The Morgan fingerprint density at radius 3 is 2.85 bits per heavy atom. The molecule has 1 fully saturated rings. The number of carbonyl (C=O) groups is 1. The Bertz CT molecular complexity index is 797. The van der Waals surface area contributed by atoms with E-state index >= 15 is 0 Å². The molecule has 140 valence electrons. The van der Waals surface area contributed by atoms with Gasteiger partial charge < -0.3 is 9.52 Å². The zero-order valence-corrected chi connectivity index (χ0v) is 15.7. The first kappa shape index (κ1) is 18.8. The van der Waals surface area contributed by atoms with Gasteiger partial charge in [0.15, 0.2) is 5.89 Å². The molecule has 1 atom stereocenters. The summed E-state index contributed by atoms with van der Waals surface area (Å²) in [6.45, 7) is 2.19. The van der Waals surface area contributed by atoms with E-state index in [0.717, 1.165) is 24.4 Å². The van der Waals surface area contributed by atoms with Gasteiger partial charge in [0.25, 0.3) is 0 Å². The van der Waals surface area contributed by atoms with Gasteiger partial charge >= 0.3 is 5.97 Å².